The summed E-state index contributed by atoms with van der Waals surface area (Å²) in [7, 11) is 2.25. The Labute approximate surface area is 132 Å². The minimum atomic E-state index is 0.776. The van der Waals surface area contributed by atoms with E-state index in [0.717, 1.165) is 17.9 Å². The second-order valence-corrected chi connectivity index (χ2v) is 7.39. The van der Waals surface area contributed by atoms with E-state index in [4.69, 9.17) is 0 Å². The number of rotatable bonds is 7. The molecular formula is C18H37N3. The van der Waals surface area contributed by atoms with Gasteiger partial charge in [-0.05, 0) is 51.1 Å². The van der Waals surface area contributed by atoms with E-state index in [1.54, 1.807) is 0 Å². The summed E-state index contributed by atoms with van der Waals surface area (Å²) >= 11 is 0. The van der Waals surface area contributed by atoms with Crippen molar-refractivity contribution in [2.45, 2.75) is 58.4 Å². The van der Waals surface area contributed by atoms with Gasteiger partial charge in [0.2, 0.25) is 0 Å². The lowest BCUT2D eigenvalue weighted by molar-refractivity contribution is 0.0973. The van der Waals surface area contributed by atoms with Gasteiger partial charge >= 0.3 is 0 Å². The molecule has 2 aliphatic rings. The van der Waals surface area contributed by atoms with E-state index < -0.39 is 0 Å². The van der Waals surface area contributed by atoms with Crippen LogP contribution in [0.2, 0.25) is 0 Å². The topological polar surface area (TPSA) is 18.5 Å². The maximum Gasteiger partial charge on any atom is 0.0110 e. The number of nitrogens with zero attached hydrogens (tertiary/aromatic N) is 2. The molecule has 1 aliphatic heterocycles. The van der Waals surface area contributed by atoms with Crippen molar-refractivity contribution in [3.05, 3.63) is 0 Å². The van der Waals surface area contributed by atoms with Crippen molar-refractivity contribution in [2.24, 2.45) is 11.8 Å². The van der Waals surface area contributed by atoms with Gasteiger partial charge in [-0.15, -0.1) is 0 Å². The molecule has 0 amide bonds. The molecule has 124 valence electrons. The van der Waals surface area contributed by atoms with Crippen LogP contribution in [0.1, 0.15) is 52.4 Å². The van der Waals surface area contributed by atoms with Gasteiger partial charge in [-0.1, -0.05) is 26.7 Å². The summed E-state index contributed by atoms with van der Waals surface area (Å²) in [5.74, 6) is 1.87. The summed E-state index contributed by atoms with van der Waals surface area (Å²) < 4.78 is 0. The molecule has 3 unspecified atom stereocenters. The van der Waals surface area contributed by atoms with Gasteiger partial charge in [0.1, 0.15) is 0 Å². The number of likely N-dealkylation sites (N-methyl/N-ethyl adjacent to an activating group) is 1. The molecule has 0 spiro atoms. The number of hydrogen-bond donors (Lipinski definition) is 1. The number of nitrogens with one attached hydrogen (secondary N) is 1. The highest BCUT2D eigenvalue weighted by atomic mass is 15.2. The van der Waals surface area contributed by atoms with Crippen molar-refractivity contribution in [1.29, 1.82) is 0 Å². The van der Waals surface area contributed by atoms with Crippen LogP contribution in [-0.2, 0) is 0 Å². The lowest BCUT2D eigenvalue weighted by Gasteiger charge is -2.41. The summed E-state index contributed by atoms with van der Waals surface area (Å²) in [5, 5.41) is 3.85. The van der Waals surface area contributed by atoms with Crippen LogP contribution in [0.5, 0.6) is 0 Å². The lowest BCUT2D eigenvalue weighted by Crippen LogP contribution is -2.50. The third kappa shape index (κ3) is 5.54. The fourth-order valence-corrected chi connectivity index (χ4v) is 4.19. The van der Waals surface area contributed by atoms with E-state index in [2.05, 4.69) is 36.0 Å². The molecule has 0 aromatic heterocycles. The first-order valence-corrected chi connectivity index (χ1v) is 9.37. The molecule has 1 N–H and O–H groups in total. The molecule has 3 heteroatoms. The molecule has 1 saturated heterocycles. The Morgan fingerprint density at radius 1 is 1.00 bits per heavy atom. The van der Waals surface area contributed by atoms with Gasteiger partial charge in [0, 0.05) is 38.8 Å². The van der Waals surface area contributed by atoms with Crippen LogP contribution in [0.4, 0.5) is 0 Å². The van der Waals surface area contributed by atoms with Crippen molar-refractivity contribution in [2.75, 3.05) is 46.3 Å². The molecule has 1 saturated carbocycles. The molecule has 1 aliphatic carbocycles. The average molecular weight is 296 g/mol. The normalized spacial score (nSPS) is 32.4. The molecule has 1 heterocycles. The van der Waals surface area contributed by atoms with Crippen LogP contribution in [0.3, 0.4) is 0 Å². The van der Waals surface area contributed by atoms with Crippen molar-refractivity contribution < 1.29 is 0 Å². The SMILES string of the molecule is CCCNC1CCC(CCC)CC1CN1CCN(C)CC1. The standard InChI is InChI=1S/C18H37N3/c1-4-6-16-7-8-18(19-9-5-2)17(14-16)15-21-12-10-20(3)11-13-21/h16-19H,4-15H2,1-3H3. The zero-order valence-electron chi connectivity index (χ0n) is 14.6. The molecule has 0 aromatic rings. The Bertz CT molecular complexity index is 274. The predicted octanol–water partition coefficient (Wildman–Crippen LogP) is 2.82. The summed E-state index contributed by atoms with van der Waals surface area (Å²) in [5.41, 5.74) is 0. The van der Waals surface area contributed by atoms with Gasteiger partial charge in [0.25, 0.3) is 0 Å². The molecule has 3 atom stereocenters. The zero-order chi connectivity index (χ0) is 15.1. The van der Waals surface area contributed by atoms with E-state index in [1.807, 2.05) is 0 Å². The Balaban J connectivity index is 1.86. The maximum atomic E-state index is 3.85. The predicted molar refractivity (Wildman–Crippen MR) is 91.8 cm³/mol. The third-order valence-corrected chi connectivity index (χ3v) is 5.53. The zero-order valence-corrected chi connectivity index (χ0v) is 14.6. The summed E-state index contributed by atoms with van der Waals surface area (Å²) in [6.07, 6.45) is 8.38. The minimum Gasteiger partial charge on any atom is -0.314 e. The molecular weight excluding hydrogens is 258 g/mol. The lowest BCUT2D eigenvalue weighted by atomic mass is 9.76. The van der Waals surface area contributed by atoms with Gasteiger partial charge < -0.3 is 15.1 Å². The van der Waals surface area contributed by atoms with Gasteiger partial charge in [0.15, 0.2) is 0 Å². The Kier molecular flexibility index (Phi) is 7.48. The Morgan fingerprint density at radius 3 is 2.43 bits per heavy atom. The second-order valence-electron chi connectivity index (χ2n) is 7.39. The first-order valence-electron chi connectivity index (χ1n) is 9.37. The molecule has 21 heavy (non-hydrogen) atoms. The van der Waals surface area contributed by atoms with Crippen LogP contribution in [0.15, 0.2) is 0 Å². The van der Waals surface area contributed by atoms with Crippen LogP contribution >= 0.6 is 0 Å². The summed E-state index contributed by atoms with van der Waals surface area (Å²) in [6, 6.07) is 0.776. The van der Waals surface area contributed by atoms with E-state index in [-0.39, 0.29) is 0 Å². The molecule has 0 aromatic carbocycles. The second kappa shape index (κ2) is 9.12. The molecule has 0 radical (unpaired) electrons. The van der Waals surface area contributed by atoms with E-state index in [9.17, 15) is 0 Å². The van der Waals surface area contributed by atoms with Crippen molar-refractivity contribution in [3.8, 4) is 0 Å². The van der Waals surface area contributed by atoms with E-state index >= 15 is 0 Å². The number of piperazine rings is 1. The molecule has 0 bridgehead atoms. The smallest absolute Gasteiger partial charge is 0.0110 e. The van der Waals surface area contributed by atoms with Crippen molar-refractivity contribution in [3.63, 3.8) is 0 Å². The van der Waals surface area contributed by atoms with Crippen LogP contribution in [0, 0.1) is 11.8 Å². The summed E-state index contributed by atoms with van der Waals surface area (Å²) in [4.78, 5) is 5.18. The molecule has 2 fully saturated rings. The number of hydrogen-bond acceptors (Lipinski definition) is 3. The average Bonchev–Trinajstić information content (AvgIpc) is 2.49. The van der Waals surface area contributed by atoms with E-state index in [0.29, 0.717) is 0 Å². The fraction of sp³-hybridized carbons (Fsp3) is 1.00. The van der Waals surface area contributed by atoms with Gasteiger partial charge in [-0.2, -0.15) is 0 Å². The molecule has 3 nitrogen and oxygen atoms in total. The fourth-order valence-electron chi connectivity index (χ4n) is 4.19. The van der Waals surface area contributed by atoms with Crippen molar-refractivity contribution >= 4 is 0 Å². The minimum absolute atomic E-state index is 0.776. The quantitative estimate of drug-likeness (QED) is 0.779. The van der Waals surface area contributed by atoms with Crippen LogP contribution in [-0.4, -0.2) is 62.2 Å². The van der Waals surface area contributed by atoms with E-state index in [1.165, 1.54) is 77.8 Å². The largest absolute Gasteiger partial charge is 0.314 e. The van der Waals surface area contributed by atoms with Gasteiger partial charge in [0.05, 0.1) is 0 Å². The highest BCUT2D eigenvalue weighted by Gasteiger charge is 2.31. The van der Waals surface area contributed by atoms with Crippen LogP contribution in [0.25, 0.3) is 0 Å². The van der Waals surface area contributed by atoms with Gasteiger partial charge in [-0.3, -0.25) is 0 Å². The monoisotopic (exact) mass is 295 g/mol. The third-order valence-electron chi connectivity index (χ3n) is 5.53. The summed E-state index contributed by atoms with van der Waals surface area (Å²) in [6.45, 7) is 12.2. The Morgan fingerprint density at radius 2 is 1.76 bits per heavy atom. The van der Waals surface area contributed by atoms with Crippen LogP contribution < -0.4 is 5.32 Å². The van der Waals surface area contributed by atoms with Crippen molar-refractivity contribution in [1.82, 2.24) is 15.1 Å². The highest BCUT2D eigenvalue weighted by molar-refractivity contribution is 4.87. The highest BCUT2D eigenvalue weighted by Crippen LogP contribution is 2.33. The first-order chi connectivity index (χ1) is 10.2. The molecule has 2 rings (SSSR count). The first kappa shape index (κ1) is 17.2. The Hall–Kier alpha value is -0.120. The van der Waals surface area contributed by atoms with Gasteiger partial charge in [-0.25, -0.2) is 0 Å². The maximum absolute atomic E-state index is 3.85.